The molecule has 1 unspecified atom stereocenters. The number of nitrogens with one attached hydrogen (secondary N) is 1. The van der Waals surface area contributed by atoms with Crippen molar-refractivity contribution in [2.24, 2.45) is 0 Å². The van der Waals surface area contributed by atoms with Gasteiger partial charge in [0.2, 0.25) is 0 Å². The Balaban J connectivity index is 2.44. The van der Waals surface area contributed by atoms with Crippen molar-refractivity contribution < 1.29 is 9.90 Å². The summed E-state index contributed by atoms with van der Waals surface area (Å²) in [6, 6.07) is 4.69. The largest absolute Gasteiger partial charge is 0.480 e. The third kappa shape index (κ3) is 1.41. The Kier molecular flexibility index (Phi) is 1.98. The Hall–Kier alpha value is -1.06. The molecule has 1 aromatic carbocycles. The number of halogens is 1. The number of carboxylic acid groups (broad SMARTS) is 1. The van der Waals surface area contributed by atoms with Crippen LogP contribution in [0, 0.1) is 0 Å². The molecule has 2 rings (SSSR count). The number of carboxylic acids is 1. The third-order valence-corrected chi connectivity index (χ3v) is 2.39. The van der Waals surface area contributed by atoms with Gasteiger partial charge in [-0.15, -0.1) is 0 Å². The van der Waals surface area contributed by atoms with E-state index in [2.05, 4.69) is 5.32 Å². The summed E-state index contributed by atoms with van der Waals surface area (Å²) >= 11 is 5.78. The highest BCUT2D eigenvalue weighted by atomic mass is 35.5. The summed E-state index contributed by atoms with van der Waals surface area (Å²) in [6.07, 6.45) is 0. The number of carbonyl (C=O) groups is 1. The van der Waals surface area contributed by atoms with Gasteiger partial charge in [-0.3, -0.25) is 10.1 Å². The lowest BCUT2D eigenvalue weighted by atomic mass is 10.1. The molecule has 0 fully saturated rings. The first-order valence-corrected chi connectivity index (χ1v) is 4.31. The predicted molar refractivity (Wildman–Crippen MR) is 48.7 cm³/mol. The van der Waals surface area contributed by atoms with Crippen LogP contribution in [0.15, 0.2) is 18.2 Å². The molecule has 0 amide bonds. The summed E-state index contributed by atoms with van der Waals surface area (Å²) in [5, 5.41) is 12.4. The van der Waals surface area contributed by atoms with Crippen LogP contribution in [-0.2, 0) is 11.3 Å². The second-order valence-electron chi connectivity index (χ2n) is 3.00. The monoisotopic (exact) mass is 197 g/mol. The quantitative estimate of drug-likeness (QED) is 0.719. The SMILES string of the molecule is O=C(O)C1NCc2cc(Cl)ccc21. The lowest BCUT2D eigenvalue weighted by molar-refractivity contribution is -0.139. The second kappa shape index (κ2) is 3.01. The molecule has 0 saturated heterocycles. The van der Waals surface area contributed by atoms with Crippen molar-refractivity contribution in [2.75, 3.05) is 0 Å². The van der Waals surface area contributed by atoms with E-state index in [-0.39, 0.29) is 0 Å². The Bertz CT molecular complexity index is 365. The number of benzene rings is 1. The van der Waals surface area contributed by atoms with Crippen molar-refractivity contribution in [1.82, 2.24) is 5.32 Å². The molecule has 13 heavy (non-hydrogen) atoms. The van der Waals surface area contributed by atoms with E-state index in [1.54, 1.807) is 18.2 Å². The van der Waals surface area contributed by atoms with Gasteiger partial charge in [0.05, 0.1) is 0 Å². The molecule has 68 valence electrons. The van der Waals surface area contributed by atoms with Crippen molar-refractivity contribution in [3.63, 3.8) is 0 Å². The first kappa shape index (κ1) is 8.53. The summed E-state index contributed by atoms with van der Waals surface area (Å²) in [6.45, 7) is 0.576. The van der Waals surface area contributed by atoms with Gasteiger partial charge < -0.3 is 5.11 Å². The van der Waals surface area contributed by atoms with E-state index < -0.39 is 12.0 Å². The molecule has 1 aliphatic heterocycles. The zero-order chi connectivity index (χ0) is 9.42. The summed E-state index contributed by atoms with van der Waals surface area (Å²) < 4.78 is 0. The Morgan fingerprint density at radius 3 is 3.08 bits per heavy atom. The van der Waals surface area contributed by atoms with Crippen LogP contribution in [0.2, 0.25) is 5.02 Å². The Morgan fingerprint density at radius 1 is 1.62 bits per heavy atom. The number of hydrogen-bond donors (Lipinski definition) is 2. The van der Waals surface area contributed by atoms with Gasteiger partial charge in [0.15, 0.2) is 0 Å². The normalized spacial score (nSPS) is 19.9. The average Bonchev–Trinajstić information content (AvgIpc) is 2.46. The van der Waals surface area contributed by atoms with Gasteiger partial charge >= 0.3 is 5.97 Å². The molecule has 0 radical (unpaired) electrons. The van der Waals surface area contributed by atoms with Gasteiger partial charge in [-0.25, -0.2) is 0 Å². The van der Waals surface area contributed by atoms with Crippen LogP contribution in [0.1, 0.15) is 17.2 Å². The predicted octanol–water partition coefficient (Wildman–Crippen LogP) is 1.57. The van der Waals surface area contributed by atoms with Gasteiger partial charge in [-0.2, -0.15) is 0 Å². The van der Waals surface area contributed by atoms with Gasteiger partial charge in [0.1, 0.15) is 6.04 Å². The summed E-state index contributed by atoms with van der Waals surface area (Å²) in [4.78, 5) is 10.8. The average molecular weight is 198 g/mol. The van der Waals surface area contributed by atoms with Crippen molar-refractivity contribution in [2.45, 2.75) is 12.6 Å². The molecular weight excluding hydrogens is 190 g/mol. The molecule has 1 atom stereocenters. The first-order valence-electron chi connectivity index (χ1n) is 3.93. The molecule has 0 spiro atoms. The maximum atomic E-state index is 10.8. The van der Waals surface area contributed by atoms with E-state index in [0.29, 0.717) is 11.6 Å². The fourth-order valence-electron chi connectivity index (χ4n) is 1.55. The molecule has 2 N–H and O–H groups in total. The minimum Gasteiger partial charge on any atom is -0.480 e. The van der Waals surface area contributed by atoms with E-state index in [4.69, 9.17) is 16.7 Å². The van der Waals surface area contributed by atoms with Gasteiger partial charge in [0.25, 0.3) is 0 Å². The van der Waals surface area contributed by atoms with Crippen LogP contribution < -0.4 is 5.32 Å². The minimum absolute atomic E-state index is 0.576. The first-order chi connectivity index (χ1) is 6.18. The molecule has 0 saturated carbocycles. The summed E-state index contributed by atoms with van der Waals surface area (Å²) in [7, 11) is 0. The number of hydrogen-bond acceptors (Lipinski definition) is 2. The zero-order valence-corrected chi connectivity index (χ0v) is 7.51. The third-order valence-electron chi connectivity index (χ3n) is 2.16. The number of aliphatic carboxylic acids is 1. The van der Waals surface area contributed by atoms with Gasteiger partial charge in [-0.05, 0) is 23.3 Å². The standard InChI is InChI=1S/C9H8ClNO2/c10-6-1-2-7-5(3-6)4-11-8(7)9(12)13/h1-3,8,11H,4H2,(H,12,13). The fraction of sp³-hybridized carbons (Fsp3) is 0.222. The Labute approximate surface area is 80.3 Å². The summed E-state index contributed by atoms with van der Waals surface area (Å²) in [5.74, 6) is -0.846. The zero-order valence-electron chi connectivity index (χ0n) is 6.75. The highest BCUT2D eigenvalue weighted by Gasteiger charge is 2.27. The topological polar surface area (TPSA) is 49.3 Å². The molecule has 1 aliphatic rings. The lowest BCUT2D eigenvalue weighted by Crippen LogP contribution is -2.21. The molecule has 1 aromatic rings. The van der Waals surface area contributed by atoms with Crippen molar-refractivity contribution in [1.29, 1.82) is 0 Å². The van der Waals surface area contributed by atoms with Gasteiger partial charge in [-0.1, -0.05) is 17.7 Å². The second-order valence-corrected chi connectivity index (χ2v) is 3.43. The number of fused-ring (bicyclic) bond motifs is 1. The van der Waals surface area contributed by atoms with Crippen LogP contribution in [-0.4, -0.2) is 11.1 Å². The maximum absolute atomic E-state index is 10.8. The molecule has 4 heteroatoms. The molecule has 1 heterocycles. The Morgan fingerprint density at radius 2 is 2.38 bits per heavy atom. The minimum atomic E-state index is -0.846. The smallest absolute Gasteiger partial charge is 0.325 e. The molecule has 3 nitrogen and oxygen atoms in total. The maximum Gasteiger partial charge on any atom is 0.325 e. The molecular formula is C9H8ClNO2. The molecule has 0 bridgehead atoms. The van der Waals surface area contributed by atoms with E-state index in [9.17, 15) is 4.79 Å². The molecule has 0 aliphatic carbocycles. The number of rotatable bonds is 1. The summed E-state index contributed by atoms with van der Waals surface area (Å²) in [5.41, 5.74) is 1.79. The van der Waals surface area contributed by atoms with E-state index >= 15 is 0 Å². The van der Waals surface area contributed by atoms with E-state index in [1.807, 2.05) is 0 Å². The van der Waals surface area contributed by atoms with Crippen LogP contribution in [0.5, 0.6) is 0 Å². The fourth-order valence-corrected chi connectivity index (χ4v) is 1.75. The highest BCUT2D eigenvalue weighted by Crippen LogP contribution is 2.27. The van der Waals surface area contributed by atoms with Crippen LogP contribution in [0.3, 0.4) is 0 Å². The van der Waals surface area contributed by atoms with Crippen molar-refractivity contribution in [3.8, 4) is 0 Å². The van der Waals surface area contributed by atoms with Crippen LogP contribution in [0.25, 0.3) is 0 Å². The van der Waals surface area contributed by atoms with E-state index in [0.717, 1.165) is 11.1 Å². The highest BCUT2D eigenvalue weighted by molar-refractivity contribution is 6.30. The van der Waals surface area contributed by atoms with Crippen molar-refractivity contribution in [3.05, 3.63) is 34.3 Å². The molecule has 0 aromatic heterocycles. The van der Waals surface area contributed by atoms with Crippen LogP contribution in [0.4, 0.5) is 0 Å². The van der Waals surface area contributed by atoms with Crippen molar-refractivity contribution >= 4 is 17.6 Å². The van der Waals surface area contributed by atoms with Crippen LogP contribution >= 0.6 is 11.6 Å². The van der Waals surface area contributed by atoms with E-state index in [1.165, 1.54) is 0 Å². The van der Waals surface area contributed by atoms with Gasteiger partial charge in [0, 0.05) is 11.6 Å². The lowest BCUT2D eigenvalue weighted by Gasteiger charge is -2.04.